The van der Waals surface area contributed by atoms with E-state index in [0.717, 1.165) is 17.2 Å². The van der Waals surface area contributed by atoms with Crippen molar-refractivity contribution >= 4 is 26.6 Å². The summed E-state index contributed by atoms with van der Waals surface area (Å²) in [5.74, 6) is -0.108. The molecule has 4 heterocycles. The third-order valence-corrected chi connectivity index (χ3v) is 7.16. The van der Waals surface area contributed by atoms with E-state index in [0.29, 0.717) is 47.6 Å². The summed E-state index contributed by atoms with van der Waals surface area (Å²) < 4.78 is 29.7. The molecule has 0 atom stereocenters. The van der Waals surface area contributed by atoms with Gasteiger partial charge >= 0.3 is 0 Å². The molecule has 0 aliphatic carbocycles. The summed E-state index contributed by atoms with van der Waals surface area (Å²) in [7, 11) is -3.40. The van der Waals surface area contributed by atoms with Gasteiger partial charge in [0.25, 0.3) is 5.91 Å². The van der Waals surface area contributed by atoms with Crippen LogP contribution in [0.4, 0.5) is 0 Å². The minimum Gasteiger partial charge on any atom is -0.372 e. The summed E-state index contributed by atoms with van der Waals surface area (Å²) >= 11 is 0. The van der Waals surface area contributed by atoms with E-state index in [9.17, 15) is 13.2 Å². The molecule has 0 spiro atoms. The molecule has 0 radical (unpaired) electrons. The van der Waals surface area contributed by atoms with Gasteiger partial charge in [-0.25, -0.2) is 18.4 Å². The Hall–Kier alpha value is -3.76. The van der Waals surface area contributed by atoms with Gasteiger partial charge in [0.15, 0.2) is 9.84 Å². The lowest BCUT2D eigenvalue weighted by molar-refractivity contribution is -0.0764. The van der Waals surface area contributed by atoms with Gasteiger partial charge in [-0.2, -0.15) is 0 Å². The molecule has 3 aromatic heterocycles. The van der Waals surface area contributed by atoms with E-state index in [1.807, 2.05) is 32.0 Å². The number of carbonyl (C=O) groups is 1. The van der Waals surface area contributed by atoms with E-state index in [1.165, 1.54) is 12.5 Å². The van der Waals surface area contributed by atoms with Crippen molar-refractivity contribution in [1.82, 2.24) is 24.8 Å². The summed E-state index contributed by atoms with van der Waals surface area (Å²) in [6.07, 6.45) is 8.80. The number of carbonyl (C=O) groups excluding carboxylic acids is 1. The molecule has 5 rings (SSSR count). The lowest BCUT2D eigenvalue weighted by Crippen LogP contribution is -2.50. The van der Waals surface area contributed by atoms with Crippen LogP contribution in [0.5, 0.6) is 0 Å². The summed E-state index contributed by atoms with van der Waals surface area (Å²) in [5.41, 5.74) is 3.51. The Morgan fingerprint density at radius 2 is 1.75 bits per heavy atom. The third kappa shape index (κ3) is 4.82. The second-order valence-corrected chi connectivity index (χ2v) is 11.4. The first-order chi connectivity index (χ1) is 17.1. The molecule has 0 saturated carbocycles. The molecule has 1 aliphatic heterocycles. The molecular formula is C26H25N5O4S. The number of sulfone groups is 1. The first-order valence-corrected chi connectivity index (χ1v) is 13.3. The predicted molar refractivity (Wildman–Crippen MR) is 135 cm³/mol. The predicted octanol–water partition coefficient (Wildman–Crippen LogP) is 3.41. The van der Waals surface area contributed by atoms with Crippen LogP contribution in [0.2, 0.25) is 0 Å². The molecule has 184 valence electrons. The van der Waals surface area contributed by atoms with Crippen LogP contribution in [0.15, 0.2) is 66.3 Å². The van der Waals surface area contributed by atoms with Gasteiger partial charge in [-0.1, -0.05) is 6.07 Å². The van der Waals surface area contributed by atoms with Gasteiger partial charge in [0.05, 0.1) is 33.9 Å². The first-order valence-electron chi connectivity index (χ1n) is 11.4. The van der Waals surface area contributed by atoms with E-state index >= 15 is 0 Å². The molecule has 1 fully saturated rings. The van der Waals surface area contributed by atoms with Crippen LogP contribution in [-0.4, -0.2) is 70.7 Å². The van der Waals surface area contributed by atoms with Gasteiger partial charge in [0.1, 0.15) is 6.33 Å². The van der Waals surface area contributed by atoms with Crippen molar-refractivity contribution in [3.63, 3.8) is 0 Å². The van der Waals surface area contributed by atoms with Crippen molar-refractivity contribution in [3.05, 3.63) is 67.0 Å². The molecule has 0 bridgehead atoms. The second kappa shape index (κ2) is 9.03. The fourth-order valence-corrected chi connectivity index (χ4v) is 4.90. The van der Waals surface area contributed by atoms with Crippen LogP contribution in [0.1, 0.15) is 24.2 Å². The molecule has 1 aliphatic rings. The highest BCUT2D eigenvalue weighted by Gasteiger charge is 2.30. The van der Waals surface area contributed by atoms with Crippen LogP contribution >= 0.6 is 0 Å². The van der Waals surface area contributed by atoms with E-state index in [4.69, 9.17) is 4.74 Å². The molecule has 0 unspecified atom stereocenters. The number of morpholine rings is 1. The van der Waals surface area contributed by atoms with Crippen LogP contribution in [0.25, 0.3) is 33.3 Å². The van der Waals surface area contributed by atoms with E-state index in [-0.39, 0.29) is 10.8 Å². The maximum atomic E-state index is 13.2. The summed E-state index contributed by atoms with van der Waals surface area (Å²) in [4.78, 5) is 32.4. The summed E-state index contributed by atoms with van der Waals surface area (Å²) in [6, 6.07) is 8.99. The molecule has 0 N–H and O–H groups in total. The van der Waals surface area contributed by atoms with Gasteiger partial charge in [-0.05, 0) is 43.7 Å². The van der Waals surface area contributed by atoms with Gasteiger partial charge in [0, 0.05) is 60.6 Å². The Balaban J connectivity index is 1.55. The highest BCUT2D eigenvalue weighted by atomic mass is 32.2. The molecule has 10 heteroatoms. The number of hydrogen-bond donors (Lipinski definition) is 0. The quantitative estimate of drug-likeness (QED) is 0.416. The molecule has 1 aromatic carbocycles. The minimum atomic E-state index is -3.40. The molecular weight excluding hydrogens is 478 g/mol. The van der Waals surface area contributed by atoms with Crippen molar-refractivity contribution in [2.45, 2.75) is 24.3 Å². The number of pyridine rings is 2. The number of benzene rings is 1. The van der Waals surface area contributed by atoms with Crippen molar-refractivity contribution in [2.75, 3.05) is 26.0 Å². The standard InChI is InChI=1S/C26H25N5O4S/c1-26(2)15-31(6-7-35-26)25(32)20-8-19(12-27-13-20)24-22-10-17(4-5-23(22)29-16-30-24)18-9-21(14-28-11-18)36(3,33)34/h4-5,8-14,16H,6-7,15H2,1-3H3. The maximum absolute atomic E-state index is 13.2. The first kappa shape index (κ1) is 24.0. The summed E-state index contributed by atoms with van der Waals surface area (Å²) in [5, 5.41) is 0.749. The van der Waals surface area contributed by atoms with Crippen molar-refractivity contribution < 1.29 is 17.9 Å². The van der Waals surface area contributed by atoms with Crippen LogP contribution in [0, 0.1) is 0 Å². The second-order valence-electron chi connectivity index (χ2n) is 9.43. The van der Waals surface area contributed by atoms with Gasteiger partial charge in [-0.15, -0.1) is 0 Å². The van der Waals surface area contributed by atoms with Crippen molar-refractivity contribution in [2.24, 2.45) is 0 Å². The lowest BCUT2D eigenvalue weighted by atomic mass is 10.0. The van der Waals surface area contributed by atoms with Crippen LogP contribution in [-0.2, 0) is 14.6 Å². The molecule has 4 aromatic rings. The van der Waals surface area contributed by atoms with E-state index in [1.54, 1.807) is 35.6 Å². The zero-order valence-electron chi connectivity index (χ0n) is 20.2. The topological polar surface area (TPSA) is 115 Å². The maximum Gasteiger partial charge on any atom is 0.255 e. The third-order valence-electron chi connectivity index (χ3n) is 6.08. The normalized spacial score (nSPS) is 15.7. The average molecular weight is 504 g/mol. The Labute approximate surface area is 209 Å². The van der Waals surface area contributed by atoms with E-state index in [2.05, 4.69) is 19.9 Å². The summed E-state index contributed by atoms with van der Waals surface area (Å²) in [6.45, 7) is 5.43. The average Bonchev–Trinajstić information content (AvgIpc) is 2.86. The largest absolute Gasteiger partial charge is 0.372 e. The fourth-order valence-electron chi connectivity index (χ4n) is 4.30. The van der Waals surface area contributed by atoms with Crippen molar-refractivity contribution in [3.8, 4) is 22.4 Å². The zero-order chi connectivity index (χ0) is 25.5. The highest BCUT2D eigenvalue weighted by molar-refractivity contribution is 7.90. The number of fused-ring (bicyclic) bond motifs is 1. The molecule has 1 amide bonds. The Bertz CT molecular complexity index is 1590. The molecule has 36 heavy (non-hydrogen) atoms. The number of ether oxygens (including phenoxy) is 1. The lowest BCUT2D eigenvalue weighted by Gasteiger charge is -2.38. The van der Waals surface area contributed by atoms with Crippen LogP contribution < -0.4 is 0 Å². The Kier molecular flexibility index (Phi) is 6.01. The van der Waals surface area contributed by atoms with Gasteiger partial charge in [0.2, 0.25) is 0 Å². The molecule has 1 saturated heterocycles. The number of rotatable bonds is 4. The Morgan fingerprint density at radius 3 is 2.53 bits per heavy atom. The zero-order valence-corrected chi connectivity index (χ0v) is 21.0. The smallest absolute Gasteiger partial charge is 0.255 e. The molecule has 9 nitrogen and oxygen atoms in total. The fraction of sp³-hybridized carbons (Fsp3) is 0.269. The number of hydrogen-bond acceptors (Lipinski definition) is 8. The van der Waals surface area contributed by atoms with Crippen molar-refractivity contribution in [1.29, 1.82) is 0 Å². The van der Waals surface area contributed by atoms with Gasteiger partial charge < -0.3 is 9.64 Å². The number of nitrogens with zero attached hydrogens (tertiary/aromatic N) is 5. The minimum absolute atomic E-state index is 0.108. The Morgan fingerprint density at radius 1 is 0.972 bits per heavy atom. The van der Waals surface area contributed by atoms with E-state index < -0.39 is 15.4 Å². The number of amides is 1. The van der Waals surface area contributed by atoms with Crippen LogP contribution in [0.3, 0.4) is 0 Å². The monoisotopic (exact) mass is 503 g/mol. The SMILES string of the molecule is CC1(C)CN(C(=O)c2cncc(-c3ncnc4ccc(-c5cncc(S(C)(=O)=O)c5)cc34)c2)CCO1. The highest BCUT2D eigenvalue weighted by Crippen LogP contribution is 2.31. The number of aromatic nitrogens is 4. The van der Waals surface area contributed by atoms with Gasteiger partial charge in [-0.3, -0.25) is 14.8 Å².